The van der Waals surface area contributed by atoms with Gasteiger partial charge in [-0.3, -0.25) is 9.36 Å². The minimum absolute atomic E-state index is 0.102. The summed E-state index contributed by atoms with van der Waals surface area (Å²) >= 11 is 0. The van der Waals surface area contributed by atoms with Gasteiger partial charge in [0.25, 0.3) is 11.5 Å². The number of hydrogen-bond acceptors (Lipinski definition) is 3. The molecule has 2 N–H and O–H groups in total. The molecule has 1 unspecified atom stereocenters. The lowest BCUT2D eigenvalue weighted by Gasteiger charge is -2.40. The molecule has 2 aromatic rings. The second kappa shape index (κ2) is 6.69. The normalized spacial score (nSPS) is 20.8. The molecule has 6 nitrogen and oxygen atoms in total. The zero-order chi connectivity index (χ0) is 20.8. The minimum Gasteiger partial charge on any atom is -0.312 e. The fourth-order valence-electron chi connectivity index (χ4n) is 3.34. The Hall–Kier alpha value is -3.21. The Bertz CT molecular complexity index is 1110. The maximum absolute atomic E-state index is 14.7. The number of anilines is 1. The number of fused-ring (bicyclic) bond motifs is 1. The molecule has 1 aromatic heterocycles. The van der Waals surface area contributed by atoms with Crippen molar-refractivity contribution in [1.82, 2.24) is 14.9 Å². The van der Waals surface area contributed by atoms with Crippen molar-refractivity contribution in [3.8, 4) is 11.8 Å². The summed E-state index contributed by atoms with van der Waals surface area (Å²) in [6.45, 7) is 2.68. The van der Waals surface area contributed by atoms with Crippen molar-refractivity contribution in [2.75, 3.05) is 5.32 Å². The number of urea groups is 1. The van der Waals surface area contributed by atoms with Gasteiger partial charge in [-0.25, -0.2) is 18.6 Å². The minimum atomic E-state index is -3.30. The molecule has 4 rings (SSSR count). The Balaban J connectivity index is 1.77. The summed E-state index contributed by atoms with van der Waals surface area (Å²) in [5.74, 6) is 2.34. The highest BCUT2D eigenvalue weighted by molar-refractivity contribution is 5.95. The maximum Gasteiger partial charge on any atom is 0.320 e. The van der Waals surface area contributed by atoms with E-state index in [2.05, 4.69) is 27.5 Å². The van der Waals surface area contributed by atoms with Crippen LogP contribution in [0.25, 0.3) is 0 Å². The Morgan fingerprint density at radius 3 is 2.72 bits per heavy atom. The quantitative estimate of drug-likeness (QED) is 0.781. The zero-order valence-corrected chi connectivity index (χ0v) is 16.1. The Morgan fingerprint density at radius 2 is 2.07 bits per heavy atom. The van der Waals surface area contributed by atoms with Gasteiger partial charge in [-0.2, -0.15) is 0 Å². The molecule has 29 heavy (non-hydrogen) atoms. The third-order valence-corrected chi connectivity index (χ3v) is 5.11. The first kappa shape index (κ1) is 19.1. The topological polar surface area (TPSA) is 76.0 Å². The van der Waals surface area contributed by atoms with Crippen LogP contribution in [0.5, 0.6) is 0 Å². The SMILES string of the molecule is Cc1cc(=O)n(Cc2ccc3c(c2)NC(=O)NC3(C#CC2CC2)C(C)(F)F)cn1. The number of benzene rings is 1. The third-order valence-electron chi connectivity index (χ3n) is 5.11. The molecule has 8 heteroatoms. The van der Waals surface area contributed by atoms with Gasteiger partial charge in [0.1, 0.15) is 0 Å². The lowest BCUT2D eigenvalue weighted by Crippen LogP contribution is -2.59. The molecule has 2 heterocycles. The molecule has 1 atom stereocenters. The van der Waals surface area contributed by atoms with Crippen LogP contribution < -0.4 is 16.2 Å². The molecule has 1 saturated carbocycles. The van der Waals surface area contributed by atoms with Gasteiger partial charge in [0, 0.05) is 35.9 Å². The van der Waals surface area contributed by atoms with E-state index in [0.717, 1.165) is 19.8 Å². The molecule has 0 bridgehead atoms. The predicted molar refractivity (Wildman–Crippen MR) is 104 cm³/mol. The number of amides is 2. The zero-order valence-electron chi connectivity index (χ0n) is 16.1. The lowest BCUT2D eigenvalue weighted by atomic mass is 9.81. The van der Waals surface area contributed by atoms with Crippen LogP contribution in [-0.2, 0) is 12.1 Å². The van der Waals surface area contributed by atoms with E-state index in [-0.39, 0.29) is 29.3 Å². The van der Waals surface area contributed by atoms with E-state index in [1.807, 2.05) is 0 Å². The summed E-state index contributed by atoms with van der Waals surface area (Å²) < 4.78 is 30.9. The number of alkyl halides is 2. The van der Waals surface area contributed by atoms with Crippen LogP contribution in [0.4, 0.5) is 19.3 Å². The summed E-state index contributed by atoms with van der Waals surface area (Å²) in [4.78, 5) is 28.4. The molecule has 150 valence electrons. The number of rotatable bonds is 3. The second-order valence-electron chi connectivity index (χ2n) is 7.64. The molecule has 1 aliphatic carbocycles. The molecule has 1 aliphatic heterocycles. The molecule has 2 amide bonds. The summed E-state index contributed by atoms with van der Waals surface area (Å²) in [5.41, 5.74) is -0.581. The third kappa shape index (κ3) is 3.60. The fourth-order valence-corrected chi connectivity index (χ4v) is 3.34. The van der Waals surface area contributed by atoms with E-state index in [1.54, 1.807) is 19.1 Å². The Morgan fingerprint density at radius 1 is 1.31 bits per heavy atom. The first-order chi connectivity index (χ1) is 13.7. The van der Waals surface area contributed by atoms with Crippen molar-refractivity contribution in [3.63, 3.8) is 0 Å². The fraction of sp³-hybridized carbons (Fsp3) is 0.381. The highest BCUT2D eigenvalue weighted by atomic mass is 19.3. The van der Waals surface area contributed by atoms with E-state index in [9.17, 15) is 18.4 Å². The highest BCUT2D eigenvalue weighted by Crippen LogP contribution is 2.43. The van der Waals surface area contributed by atoms with E-state index in [4.69, 9.17) is 0 Å². The maximum atomic E-state index is 14.7. The van der Waals surface area contributed by atoms with Crippen LogP contribution >= 0.6 is 0 Å². The predicted octanol–water partition coefficient (Wildman–Crippen LogP) is 3.00. The van der Waals surface area contributed by atoms with Crippen molar-refractivity contribution in [1.29, 1.82) is 0 Å². The number of aromatic nitrogens is 2. The van der Waals surface area contributed by atoms with E-state index < -0.39 is 17.5 Å². The number of nitrogens with one attached hydrogen (secondary N) is 2. The van der Waals surface area contributed by atoms with Crippen LogP contribution in [-0.4, -0.2) is 21.5 Å². The van der Waals surface area contributed by atoms with Gasteiger partial charge in [-0.1, -0.05) is 24.0 Å². The average molecular weight is 398 g/mol. The molecule has 0 saturated heterocycles. The van der Waals surface area contributed by atoms with Crippen LogP contribution in [0.1, 0.15) is 36.6 Å². The summed E-state index contributed by atoms with van der Waals surface area (Å²) in [6, 6.07) is 5.46. The van der Waals surface area contributed by atoms with Crippen molar-refractivity contribution in [3.05, 3.63) is 57.8 Å². The smallest absolute Gasteiger partial charge is 0.312 e. The summed E-state index contributed by atoms with van der Waals surface area (Å²) in [7, 11) is 0. The first-order valence-corrected chi connectivity index (χ1v) is 9.34. The van der Waals surface area contributed by atoms with Gasteiger partial charge in [0.15, 0.2) is 5.54 Å². The second-order valence-corrected chi connectivity index (χ2v) is 7.64. The molecule has 1 fully saturated rings. The summed E-state index contributed by atoms with van der Waals surface area (Å²) in [5, 5.41) is 4.94. The standard InChI is InChI=1S/C21H20F2N4O2/c1-13-9-18(28)27(12-24-13)11-15-5-6-16-17(10-15)25-19(29)26-21(16,20(2,22)23)8-7-14-3-4-14/h5-6,9-10,12,14H,3-4,11H2,1-2H3,(H2,25,26,29). The summed E-state index contributed by atoms with van der Waals surface area (Å²) in [6.07, 6.45) is 3.20. The molecule has 1 aromatic carbocycles. The Labute approximate surface area is 166 Å². The van der Waals surface area contributed by atoms with E-state index in [0.29, 0.717) is 11.3 Å². The van der Waals surface area contributed by atoms with Gasteiger partial charge < -0.3 is 10.6 Å². The van der Waals surface area contributed by atoms with Gasteiger partial charge in [0.05, 0.1) is 12.9 Å². The van der Waals surface area contributed by atoms with Crippen LogP contribution in [0.2, 0.25) is 0 Å². The monoisotopic (exact) mass is 398 g/mol. The molecular formula is C21H20F2N4O2. The number of nitrogens with zero attached hydrogens (tertiary/aromatic N) is 2. The van der Waals surface area contributed by atoms with Crippen molar-refractivity contribution in [2.45, 2.75) is 44.7 Å². The van der Waals surface area contributed by atoms with Crippen molar-refractivity contribution < 1.29 is 13.6 Å². The average Bonchev–Trinajstić information content (AvgIpc) is 3.45. The van der Waals surface area contributed by atoms with Crippen LogP contribution in [0.3, 0.4) is 0 Å². The van der Waals surface area contributed by atoms with Crippen LogP contribution in [0, 0.1) is 24.7 Å². The van der Waals surface area contributed by atoms with Crippen molar-refractivity contribution >= 4 is 11.7 Å². The van der Waals surface area contributed by atoms with Crippen molar-refractivity contribution in [2.24, 2.45) is 5.92 Å². The number of aryl methyl sites for hydroxylation is 1. The lowest BCUT2D eigenvalue weighted by molar-refractivity contribution is -0.0464. The molecule has 0 radical (unpaired) electrons. The highest BCUT2D eigenvalue weighted by Gasteiger charge is 2.55. The number of halogens is 2. The largest absolute Gasteiger partial charge is 0.320 e. The molecule has 2 aliphatic rings. The number of carbonyl (C=O) groups excluding carboxylic acids is 1. The van der Waals surface area contributed by atoms with E-state index in [1.165, 1.54) is 23.0 Å². The molecule has 0 spiro atoms. The Kier molecular flexibility index (Phi) is 4.41. The number of hydrogen-bond donors (Lipinski definition) is 2. The van der Waals surface area contributed by atoms with Gasteiger partial charge in [-0.05, 0) is 31.4 Å². The van der Waals surface area contributed by atoms with Crippen LogP contribution in [0.15, 0.2) is 35.4 Å². The van der Waals surface area contributed by atoms with Gasteiger partial charge in [0.2, 0.25) is 0 Å². The van der Waals surface area contributed by atoms with E-state index >= 15 is 0 Å². The van der Waals surface area contributed by atoms with Gasteiger partial charge >= 0.3 is 6.03 Å². The first-order valence-electron chi connectivity index (χ1n) is 9.34. The number of carbonyl (C=O) groups is 1. The van der Waals surface area contributed by atoms with Gasteiger partial charge in [-0.15, -0.1) is 0 Å². The molecular weight excluding hydrogens is 378 g/mol.